The van der Waals surface area contributed by atoms with Gasteiger partial charge in [0.15, 0.2) is 0 Å². The van der Waals surface area contributed by atoms with E-state index in [-0.39, 0.29) is 5.54 Å². The van der Waals surface area contributed by atoms with Gasteiger partial charge < -0.3 is 5.11 Å². The fourth-order valence-electron chi connectivity index (χ4n) is 2.53. The molecule has 0 radical (unpaired) electrons. The molecular weight excluding hydrogens is 210 g/mol. The minimum Gasteiger partial charge on any atom is -0.481 e. The highest BCUT2D eigenvalue weighted by Crippen LogP contribution is 2.35. The molecule has 1 heterocycles. The van der Waals surface area contributed by atoms with E-state index in [1.165, 1.54) is 0 Å². The van der Waals surface area contributed by atoms with Gasteiger partial charge in [0.1, 0.15) is 0 Å². The SMILES string of the molecule is CCN(CC)C1(CC(=O)O)CCSCC1. The Morgan fingerprint density at radius 3 is 2.27 bits per heavy atom. The fourth-order valence-corrected chi connectivity index (χ4v) is 3.78. The number of hydrogen-bond acceptors (Lipinski definition) is 3. The summed E-state index contributed by atoms with van der Waals surface area (Å²) in [6.45, 7) is 6.15. The molecule has 4 heteroatoms. The van der Waals surface area contributed by atoms with Crippen LogP contribution in [-0.2, 0) is 4.79 Å². The van der Waals surface area contributed by atoms with Gasteiger partial charge in [-0.3, -0.25) is 9.69 Å². The first-order valence-electron chi connectivity index (χ1n) is 5.69. The first kappa shape index (κ1) is 12.8. The van der Waals surface area contributed by atoms with E-state index in [2.05, 4.69) is 18.7 Å². The second-order valence-electron chi connectivity index (χ2n) is 4.08. The molecule has 0 unspecified atom stereocenters. The van der Waals surface area contributed by atoms with E-state index in [1.54, 1.807) is 0 Å². The molecule has 1 rings (SSSR count). The largest absolute Gasteiger partial charge is 0.481 e. The zero-order valence-electron chi connectivity index (χ0n) is 9.66. The third-order valence-electron chi connectivity index (χ3n) is 3.34. The van der Waals surface area contributed by atoms with Crippen molar-refractivity contribution in [1.82, 2.24) is 4.90 Å². The van der Waals surface area contributed by atoms with Crippen LogP contribution in [0.25, 0.3) is 0 Å². The van der Waals surface area contributed by atoms with Gasteiger partial charge in [-0.1, -0.05) is 13.8 Å². The second kappa shape index (κ2) is 5.75. The van der Waals surface area contributed by atoms with Crippen LogP contribution < -0.4 is 0 Å². The standard InChI is InChI=1S/C11H21NO2S/c1-3-12(4-2)11(9-10(13)14)5-7-15-8-6-11/h3-9H2,1-2H3,(H,13,14). The van der Waals surface area contributed by atoms with Crippen LogP contribution in [0.3, 0.4) is 0 Å². The van der Waals surface area contributed by atoms with Crippen molar-refractivity contribution in [3.05, 3.63) is 0 Å². The number of rotatable bonds is 5. The number of carboxylic acids is 1. The van der Waals surface area contributed by atoms with Gasteiger partial charge in [0.25, 0.3) is 0 Å². The maximum Gasteiger partial charge on any atom is 0.305 e. The van der Waals surface area contributed by atoms with E-state index in [0.717, 1.165) is 37.4 Å². The molecule has 1 aliphatic rings. The Kier molecular flexibility index (Phi) is 4.93. The molecule has 0 spiro atoms. The third kappa shape index (κ3) is 3.11. The lowest BCUT2D eigenvalue weighted by Crippen LogP contribution is -2.52. The lowest BCUT2D eigenvalue weighted by Gasteiger charge is -2.45. The topological polar surface area (TPSA) is 40.5 Å². The van der Waals surface area contributed by atoms with E-state index in [4.69, 9.17) is 5.11 Å². The molecule has 1 aliphatic heterocycles. The monoisotopic (exact) mass is 231 g/mol. The summed E-state index contributed by atoms with van der Waals surface area (Å²) < 4.78 is 0. The van der Waals surface area contributed by atoms with Crippen LogP contribution in [0.5, 0.6) is 0 Å². The van der Waals surface area contributed by atoms with Gasteiger partial charge in [0, 0.05) is 5.54 Å². The van der Waals surface area contributed by atoms with Crippen LogP contribution in [0, 0.1) is 0 Å². The number of carboxylic acid groups (broad SMARTS) is 1. The molecule has 0 aromatic carbocycles. The van der Waals surface area contributed by atoms with Gasteiger partial charge in [-0.2, -0.15) is 11.8 Å². The Labute approximate surface area is 96.2 Å². The minimum atomic E-state index is -0.659. The molecule has 0 saturated carbocycles. The highest BCUT2D eigenvalue weighted by Gasteiger charge is 2.38. The van der Waals surface area contributed by atoms with E-state index < -0.39 is 5.97 Å². The maximum absolute atomic E-state index is 11.0. The lowest BCUT2D eigenvalue weighted by atomic mass is 9.86. The first-order chi connectivity index (χ1) is 7.14. The number of thioether (sulfide) groups is 1. The zero-order chi connectivity index (χ0) is 11.3. The van der Waals surface area contributed by atoms with Crippen molar-refractivity contribution in [2.45, 2.75) is 38.6 Å². The molecule has 0 aromatic rings. The van der Waals surface area contributed by atoms with Gasteiger partial charge in [0.2, 0.25) is 0 Å². The second-order valence-corrected chi connectivity index (χ2v) is 5.30. The summed E-state index contributed by atoms with van der Waals surface area (Å²) in [7, 11) is 0. The molecule has 0 amide bonds. The average molecular weight is 231 g/mol. The summed E-state index contributed by atoms with van der Waals surface area (Å²) in [5.74, 6) is 1.54. The smallest absolute Gasteiger partial charge is 0.305 e. The van der Waals surface area contributed by atoms with Crippen molar-refractivity contribution < 1.29 is 9.90 Å². The van der Waals surface area contributed by atoms with E-state index in [9.17, 15) is 4.79 Å². The van der Waals surface area contributed by atoms with Gasteiger partial charge >= 0.3 is 5.97 Å². The van der Waals surface area contributed by atoms with Gasteiger partial charge in [0.05, 0.1) is 6.42 Å². The normalized spacial score (nSPS) is 20.5. The summed E-state index contributed by atoms with van der Waals surface area (Å²) in [6, 6.07) is 0. The van der Waals surface area contributed by atoms with Gasteiger partial charge in [-0.15, -0.1) is 0 Å². The minimum absolute atomic E-state index is 0.0689. The highest BCUT2D eigenvalue weighted by atomic mass is 32.2. The molecule has 0 aliphatic carbocycles. The van der Waals surface area contributed by atoms with Crippen molar-refractivity contribution in [3.63, 3.8) is 0 Å². The van der Waals surface area contributed by atoms with Crippen LogP contribution in [0.2, 0.25) is 0 Å². The fraction of sp³-hybridized carbons (Fsp3) is 0.909. The highest BCUT2D eigenvalue weighted by molar-refractivity contribution is 7.99. The number of aliphatic carboxylic acids is 1. The zero-order valence-corrected chi connectivity index (χ0v) is 10.5. The summed E-state index contributed by atoms with van der Waals surface area (Å²) >= 11 is 1.94. The predicted octanol–water partition coefficient (Wildman–Crippen LogP) is 2.07. The Morgan fingerprint density at radius 1 is 1.33 bits per heavy atom. The summed E-state index contributed by atoms with van der Waals surface area (Å²) in [5.41, 5.74) is -0.0689. The lowest BCUT2D eigenvalue weighted by molar-refractivity contribution is -0.140. The Balaban J connectivity index is 2.77. The average Bonchev–Trinajstić information content (AvgIpc) is 2.19. The van der Waals surface area contributed by atoms with Crippen molar-refractivity contribution >= 4 is 17.7 Å². The van der Waals surface area contributed by atoms with Crippen LogP contribution in [-0.4, -0.2) is 46.1 Å². The number of hydrogen-bond donors (Lipinski definition) is 1. The first-order valence-corrected chi connectivity index (χ1v) is 6.84. The van der Waals surface area contributed by atoms with Crippen LogP contribution in [0.1, 0.15) is 33.1 Å². The Morgan fingerprint density at radius 2 is 1.87 bits per heavy atom. The Bertz CT molecular complexity index is 211. The maximum atomic E-state index is 11.0. The number of nitrogens with zero attached hydrogens (tertiary/aromatic N) is 1. The van der Waals surface area contributed by atoms with Crippen LogP contribution in [0.15, 0.2) is 0 Å². The molecular formula is C11H21NO2S. The van der Waals surface area contributed by atoms with Gasteiger partial charge in [-0.05, 0) is 37.4 Å². The van der Waals surface area contributed by atoms with Crippen molar-refractivity contribution in [3.8, 4) is 0 Å². The third-order valence-corrected chi connectivity index (χ3v) is 4.32. The summed E-state index contributed by atoms with van der Waals surface area (Å²) in [4.78, 5) is 13.3. The van der Waals surface area contributed by atoms with E-state index in [0.29, 0.717) is 6.42 Å². The molecule has 1 fully saturated rings. The molecule has 0 aromatic heterocycles. The molecule has 0 atom stereocenters. The summed E-state index contributed by atoms with van der Waals surface area (Å²) in [5, 5.41) is 9.04. The van der Waals surface area contributed by atoms with Crippen molar-refractivity contribution in [2.24, 2.45) is 0 Å². The quantitative estimate of drug-likeness (QED) is 0.786. The van der Waals surface area contributed by atoms with Crippen molar-refractivity contribution in [1.29, 1.82) is 0 Å². The molecule has 0 bridgehead atoms. The molecule has 1 saturated heterocycles. The molecule has 3 nitrogen and oxygen atoms in total. The summed E-state index contributed by atoms with van der Waals surface area (Å²) in [6.07, 6.45) is 2.34. The van der Waals surface area contributed by atoms with Crippen LogP contribution in [0.4, 0.5) is 0 Å². The van der Waals surface area contributed by atoms with E-state index >= 15 is 0 Å². The van der Waals surface area contributed by atoms with Crippen LogP contribution >= 0.6 is 11.8 Å². The van der Waals surface area contributed by atoms with Gasteiger partial charge in [-0.25, -0.2) is 0 Å². The molecule has 15 heavy (non-hydrogen) atoms. The molecule has 1 N–H and O–H groups in total. The van der Waals surface area contributed by atoms with Crippen molar-refractivity contribution in [2.75, 3.05) is 24.6 Å². The predicted molar refractivity (Wildman–Crippen MR) is 64.5 cm³/mol. The molecule has 88 valence electrons. The number of carbonyl (C=O) groups is 1. The van der Waals surface area contributed by atoms with E-state index in [1.807, 2.05) is 11.8 Å². The Hall–Kier alpha value is -0.220.